The monoisotopic (exact) mass is 477 g/mol. The van der Waals surface area contributed by atoms with Crippen LogP contribution in [0.1, 0.15) is 31.6 Å². The van der Waals surface area contributed by atoms with Crippen LogP contribution in [-0.2, 0) is 27.9 Å². The quantitative estimate of drug-likeness (QED) is 0.251. The van der Waals surface area contributed by atoms with Crippen LogP contribution in [0.2, 0.25) is 0 Å². The summed E-state index contributed by atoms with van der Waals surface area (Å²) >= 11 is 0. The van der Waals surface area contributed by atoms with Gasteiger partial charge in [-0.1, -0.05) is 5.16 Å². The summed E-state index contributed by atoms with van der Waals surface area (Å²) < 4.78 is 35.4. The van der Waals surface area contributed by atoms with Gasteiger partial charge in [-0.05, 0) is 13.8 Å². The van der Waals surface area contributed by atoms with E-state index in [1.165, 1.54) is 23.6 Å². The normalized spacial score (nSPS) is 32.4. The summed E-state index contributed by atoms with van der Waals surface area (Å²) in [5.74, 6) is -0.542. The van der Waals surface area contributed by atoms with E-state index < -0.39 is 55.8 Å². The number of hydrogen-bond acceptors (Lipinski definition) is 11. The first kappa shape index (κ1) is 24.8. The molecule has 3 unspecified atom stereocenters. The van der Waals surface area contributed by atoms with Crippen LogP contribution in [0.4, 0.5) is 0 Å². The molecule has 180 valence electrons. The van der Waals surface area contributed by atoms with Gasteiger partial charge in [-0.25, -0.2) is 4.79 Å². The second-order valence-electron chi connectivity index (χ2n) is 7.69. The van der Waals surface area contributed by atoms with Crippen molar-refractivity contribution in [3.63, 3.8) is 0 Å². The lowest BCUT2D eigenvalue weighted by molar-refractivity contribution is -0.169. The van der Waals surface area contributed by atoms with Crippen LogP contribution in [-0.4, -0.2) is 70.6 Å². The molecule has 0 bridgehead atoms. The maximum atomic E-state index is 12.7. The first-order valence-electron chi connectivity index (χ1n) is 10.1. The number of nitrogens with zero attached hydrogens (tertiary/aromatic N) is 2. The van der Waals surface area contributed by atoms with Gasteiger partial charge < -0.3 is 33.6 Å². The molecule has 0 saturated carbocycles. The lowest BCUT2D eigenvalue weighted by Gasteiger charge is -2.21. The predicted molar refractivity (Wildman–Crippen MR) is 110 cm³/mol. The molecule has 3 rings (SSSR count). The molecular weight excluding hydrogens is 449 g/mol. The zero-order chi connectivity index (χ0) is 23.5. The molecule has 0 radical (unpaired) electrons. The molecule has 3 N–H and O–H groups in total. The zero-order valence-electron chi connectivity index (χ0n) is 17.9. The van der Waals surface area contributed by atoms with Crippen molar-refractivity contribution in [3.8, 4) is 0 Å². The van der Waals surface area contributed by atoms with E-state index in [-0.39, 0.29) is 26.1 Å². The van der Waals surface area contributed by atoms with Crippen molar-refractivity contribution in [1.29, 1.82) is 0 Å². The predicted octanol–water partition coefficient (Wildman–Crippen LogP) is 0.0528. The standard InChI is InChI=1S/C18H28N3O10P/c1-4-19-31-12-6-14(21-7-10(2)16(23)20-18(21)25)29-13(12)9-28-32(3,26)27-8-11-5-15(22)30-17(11)24/h4,7,11-15,17,22,24H,5-6,8-9H2,1-3H3,(H,20,23,25)/b19-4+/t11-,12+,13+,14+,15?,17?,32?/m0/s1. The van der Waals surface area contributed by atoms with Crippen LogP contribution < -0.4 is 11.2 Å². The lowest BCUT2D eigenvalue weighted by Crippen LogP contribution is -2.33. The van der Waals surface area contributed by atoms with Crippen molar-refractivity contribution in [3.05, 3.63) is 32.6 Å². The van der Waals surface area contributed by atoms with Crippen molar-refractivity contribution in [2.45, 2.75) is 57.7 Å². The van der Waals surface area contributed by atoms with Crippen LogP contribution in [0.15, 0.2) is 20.9 Å². The van der Waals surface area contributed by atoms with Crippen LogP contribution in [0.3, 0.4) is 0 Å². The van der Waals surface area contributed by atoms with Gasteiger partial charge in [-0.2, -0.15) is 0 Å². The molecule has 0 spiro atoms. The molecule has 13 nitrogen and oxygen atoms in total. The van der Waals surface area contributed by atoms with Crippen molar-refractivity contribution < 1.29 is 38.1 Å². The fourth-order valence-corrected chi connectivity index (χ4v) is 4.36. The van der Waals surface area contributed by atoms with Gasteiger partial charge in [0.25, 0.3) is 5.56 Å². The van der Waals surface area contributed by atoms with E-state index in [4.69, 9.17) is 23.4 Å². The Morgan fingerprint density at radius 2 is 2.00 bits per heavy atom. The molecular formula is C18H28N3O10P. The third-order valence-corrected chi connectivity index (χ3v) is 6.38. The largest absolute Gasteiger partial charge is 0.390 e. The van der Waals surface area contributed by atoms with E-state index >= 15 is 0 Å². The minimum absolute atomic E-state index is 0.133. The summed E-state index contributed by atoms with van der Waals surface area (Å²) in [6.07, 6.45) is -1.21. The summed E-state index contributed by atoms with van der Waals surface area (Å²) in [6, 6.07) is 0. The molecule has 2 fully saturated rings. The number of aromatic nitrogens is 2. The fourth-order valence-electron chi connectivity index (χ4n) is 3.40. The maximum absolute atomic E-state index is 12.7. The molecule has 2 aliphatic heterocycles. The summed E-state index contributed by atoms with van der Waals surface area (Å²) in [4.78, 5) is 31.5. The van der Waals surface area contributed by atoms with Crippen molar-refractivity contribution in [2.75, 3.05) is 19.9 Å². The topological polar surface area (TPSA) is 171 Å². The molecule has 0 amide bonds. The summed E-state index contributed by atoms with van der Waals surface area (Å²) in [5, 5.41) is 22.8. The van der Waals surface area contributed by atoms with Crippen LogP contribution in [0, 0.1) is 12.8 Å². The average molecular weight is 477 g/mol. The molecule has 0 aromatic carbocycles. The van der Waals surface area contributed by atoms with E-state index in [1.807, 2.05) is 0 Å². The highest BCUT2D eigenvalue weighted by Crippen LogP contribution is 2.46. The molecule has 2 aliphatic rings. The molecule has 1 aromatic heterocycles. The Morgan fingerprint density at radius 3 is 2.66 bits per heavy atom. The second-order valence-corrected chi connectivity index (χ2v) is 9.75. The first-order valence-corrected chi connectivity index (χ1v) is 12.1. The number of oxime groups is 1. The highest BCUT2D eigenvalue weighted by atomic mass is 31.2. The Hall–Kier alpha value is -1.86. The van der Waals surface area contributed by atoms with E-state index in [1.54, 1.807) is 13.8 Å². The summed E-state index contributed by atoms with van der Waals surface area (Å²) in [7, 11) is -3.55. The minimum Gasteiger partial charge on any atom is -0.390 e. The Labute approximate surface area is 183 Å². The second kappa shape index (κ2) is 10.4. The van der Waals surface area contributed by atoms with E-state index in [2.05, 4.69) is 10.1 Å². The number of ether oxygens (including phenoxy) is 2. The van der Waals surface area contributed by atoms with Crippen molar-refractivity contribution >= 4 is 13.8 Å². The zero-order valence-corrected chi connectivity index (χ0v) is 18.8. The number of nitrogens with one attached hydrogen (secondary N) is 1. The van der Waals surface area contributed by atoms with Gasteiger partial charge in [0.2, 0.25) is 0 Å². The SMILES string of the molecule is C/C=N/O[C@@H]1C[C@H](n2cc(C)c(=O)[nH]c2=O)O[C@@H]1COP(C)(=O)OC[C@@H]1CC(O)OC1O. The Kier molecular flexibility index (Phi) is 8.04. The molecule has 3 heterocycles. The van der Waals surface area contributed by atoms with Gasteiger partial charge in [0.1, 0.15) is 12.3 Å². The maximum Gasteiger partial charge on any atom is 0.330 e. The number of hydrogen-bond donors (Lipinski definition) is 3. The molecule has 2 saturated heterocycles. The minimum atomic E-state index is -3.55. The molecule has 14 heteroatoms. The summed E-state index contributed by atoms with van der Waals surface area (Å²) in [6.45, 7) is 4.19. The van der Waals surface area contributed by atoms with Gasteiger partial charge >= 0.3 is 13.3 Å². The lowest BCUT2D eigenvalue weighted by atomic mass is 10.1. The van der Waals surface area contributed by atoms with Gasteiger partial charge in [0.15, 0.2) is 18.7 Å². The molecule has 0 aliphatic carbocycles. The number of aliphatic hydroxyl groups excluding tert-OH is 2. The highest BCUT2D eigenvalue weighted by Gasteiger charge is 2.40. The molecule has 32 heavy (non-hydrogen) atoms. The van der Waals surface area contributed by atoms with Gasteiger partial charge in [-0.15, -0.1) is 0 Å². The Morgan fingerprint density at radius 1 is 1.28 bits per heavy atom. The number of aliphatic hydroxyl groups is 2. The number of rotatable bonds is 9. The first-order chi connectivity index (χ1) is 15.1. The van der Waals surface area contributed by atoms with Crippen LogP contribution >= 0.6 is 7.60 Å². The van der Waals surface area contributed by atoms with Gasteiger partial charge in [-0.3, -0.25) is 18.9 Å². The third kappa shape index (κ3) is 6.13. The van der Waals surface area contributed by atoms with Crippen LogP contribution in [0.5, 0.6) is 0 Å². The van der Waals surface area contributed by atoms with Gasteiger partial charge in [0, 0.05) is 43.4 Å². The van der Waals surface area contributed by atoms with Crippen molar-refractivity contribution in [2.24, 2.45) is 11.1 Å². The van der Waals surface area contributed by atoms with E-state index in [9.17, 15) is 24.4 Å². The summed E-state index contributed by atoms with van der Waals surface area (Å²) in [5.41, 5.74) is -0.776. The van der Waals surface area contributed by atoms with Crippen molar-refractivity contribution in [1.82, 2.24) is 9.55 Å². The van der Waals surface area contributed by atoms with E-state index in [0.717, 1.165) is 0 Å². The molecule has 7 atom stereocenters. The number of H-pyrrole nitrogens is 1. The number of aromatic amines is 1. The Bertz CT molecular complexity index is 978. The fraction of sp³-hybridized carbons (Fsp3) is 0.722. The number of aryl methyl sites for hydroxylation is 1. The highest BCUT2D eigenvalue weighted by molar-refractivity contribution is 7.52. The average Bonchev–Trinajstić information content (AvgIpc) is 3.28. The van der Waals surface area contributed by atoms with Crippen LogP contribution in [0.25, 0.3) is 0 Å². The van der Waals surface area contributed by atoms with Gasteiger partial charge in [0.05, 0.1) is 13.2 Å². The Balaban J connectivity index is 1.63. The smallest absolute Gasteiger partial charge is 0.330 e. The van der Waals surface area contributed by atoms with E-state index in [0.29, 0.717) is 5.56 Å². The molecule has 1 aromatic rings. The third-order valence-electron chi connectivity index (χ3n) is 5.14.